The Morgan fingerprint density at radius 1 is 1.12 bits per heavy atom. The number of oxazole rings is 1. The van der Waals surface area contributed by atoms with Gasteiger partial charge >= 0.3 is 0 Å². The van der Waals surface area contributed by atoms with E-state index in [9.17, 15) is 4.79 Å². The van der Waals surface area contributed by atoms with Gasteiger partial charge in [0.2, 0.25) is 5.91 Å². The van der Waals surface area contributed by atoms with Gasteiger partial charge in [-0.25, -0.2) is 4.98 Å². The zero-order valence-corrected chi connectivity index (χ0v) is 14.6. The lowest BCUT2D eigenvalue weighted by molar-refractivity contribution is -0.120. The molecule has 1 fully saturated rings. The molecule has 0 bridgehead atoms. The number of carbonyl (C=O) groups is 1. The van der Waals surface area contributed by atoms with Gasteiger partial charge in [-0.05, 0) is 31.2 Å². The Labute approximate surface area is 151 Å². The topological polar surface area (TPSA) is 74.5 Å². The van der Waals surface area contributed by atoms with E-state index in [2.05, 4.69) is 25.1 Å². The summed E-state index contributed by atoms with van der Waals surface area (Å²) in [6.07, 6.45) is 1.67. The van der Waals surface area contributed by atoms with Crippen molar-refractivity contribution in [1.82, 2.24) is 14.9 Å². The minimum absolute atomic E-state index is 0.0426. The molecule has 7 heteroatoms. The predicted octanol–water partition coefficient (Wildman–Crippen LogP) is 2.37. The summed E-state index contributed by atoms with van der Waals surface area (Å²) in [7, 11) is 0. The standard InChI is InChI=1S/C19H21N5O2/c1-14(18(25)22-17-8-4-5-9-20-17)23-10-12-24(13-11-23)19-21-15-6-2-3-7-16(15)26-19/h2-9,14H,10-13H2,1H3,(H,20,22,25)/t14-/m1/s1. The number of piperazine rings is 1. The Morgan fingerprint density at radius 3 is 2.62 bits per heavy atom. The molecule has 1 amide bonds. The lowest BCUT2D eigenvalue weighted by atomic mass is 10.2. The molecule has 4 rings (SSSR count). The van der Waals surface area contributed by atoms with Crippen molar-refractivity contribution in [3.8, 4) is 0 Å². The summed E-state index contributed by atoms with van der Waals surface area (Å²) in [5.41, 5.74) is 1.67. The van der Waals surface area contributed by atoms with Crippen molar-refractivity contribution >= 4 is 28.8 Å². The van der Waals surface area contributed by atoms with Crippen LogP contribution in [0, 0.1) is 0 Å². The first-order valence-electron chi connectivity index (χ1n) is 8.77. The molecule has 0 aliphatic carbocycles. The highest BCUT2D eigenvalue weighted by molar-refractivity contribution is 5.93. The van der Waals surface area contributed by atoms with E-state index in [1.807, 2.05) is 43.3 Å². The minimum atomic E-state index is -0.220. The molecule has 3 heterocycles. The summed E-state index contributed by atoms with van der Waals surface area (Å²) < 4.78 is 5.84. The average molecular weight is 351 g/mol. The summed E-state index contributed by atoms with van der Waals surface area (Å²) in [6.45, 7) is 5.01. The number of nitrogens with zero attached hydrogens (tertiary/aromatic N) is 4. The summed E-state index contributed by atoms with van der Waals surface area (Å²) in [5, 5.41) is 2.86. The Balaban J connectivity index is 1.36. The molecule has 1 saturated heterocycles. The first-order valence-corrected chi connectivity index (χ1v) is 8.77. The van der Waals surface area contributed by atoms with Crippen molar-refractivity contribution < 1.29 is 9.21 Å². The smallest absolute Gasteiger partial charge is 0.298 e. The maximum Gasteiger partial charge on any atom is 0.298 e. The van der Waals surface area contributed by atoms with E-state index < -0.39 is 0 Å². The van der Waals surface area contributed by atoms with Crippen LogP contribution in [-0.4, -0.2) is 53.0 Å². The number of carbonyl (C=O) groups excluding carboxylic acids is 1. The third kappa shape index (κ3) is 3.39. The molecule has 1 aromatic carbocycles. The fraction of sp³-hybridized carbons (Fsp3) is 0.316. The molecule has 1 atom stereocenters. The summed E-state index contributed by atoms with van der Waals surface area (Å²) in [4.78, 5) is 25.4. The highest BCUT2D eigenvalue weighted by Gasteiger charge is 2.27. The van der Waals surface area contributed by atoms with Crippen molar-refractivity contribution in [2.45, 2.75) is 13.0 Å². The van der Waals surface area contributed by atoms with Gasteiger partial charge in [-0.1, -0.05) is 18.2 Å². The predicted molar refractivity (Wildman–Crippen MR) is 100 cm³/mol. The van der Waals surface area contributed by atoms with E-state index in [1.165, 1.54) is 0 Å². The highest BCUT2D eigenvalue weighted by Crippen LogP contribution is 2.23. The second-order valence-electron chi connectivity index (χ2n) is 6.37. The normalized spacial score (nSPS) is 16.6. The van der Waals surface area contributed by atoms with Crippen molar-refractivity contribution in [1.29, 1.82) is 0 Å². The van der Waals surface area contributed by atoms with E-state index in [4.69, 9.17) is 4.42 Å². The van der Waals surface area contributed by atoms with E-state index in [0.717, 1.165) is 37.3 Å². The van der Waals surface area contributed by atoms with E-state index in [0.29, 0.717) is 11.8 Å². The second-order valence-corrected chi connectivity index (χ2v) is 6.37. The number of pyridine rings is 1. The molecule has 1 aliphatic heterocycles. The molecule has 0 spiro atoms. The zero-order valence-electron chi connectivity index (χ0n) is 14.6. The SMILES string of the molecule is C[C@H](C(=O)Nc1ccccn1)N1CCN(c2nc3ccccc3o2)CC1. The Morgan fingerprint density at radius 2 is 1.88 bits per heavy atom. The molecule has 26 heavy (non-hydrogen) atoms. The fourth-order valence-corrected chi connectivity index (χ4v) is 3.13. The molecule has 3 aromatic rings. The van der Waals surface area contributed by atoms with Gasteiger partial charge in [-0.15, -0.1) is 0 Å². The van der Waals surface area contributed by atoms with Crippen molar-refractivity contribution in [3.05, 3.63) is 48.7 Å². The Bertz CT molecular complexity index is 854. The highest BCUT2D eigenvalue weighted by atomic mass is 16.4. The van der Waals surface area contributed by atoms with Crippen LogP contribution in [0.1, 0.15) is 6.92 Å². The van der Waals surface area contributed by atoms with Gasteiger partial charge in [-0.2, -0.15) is 4.98 Å². The van der Waals surface area contributed by atoms with E-state index >= 15 is 0 Å². The Kier molecular flexibility index (Phi) is 4.53. The molecule has 1 aliphatic rings. The van der Waals surface area contributed by atoms with Crippen LogP contribution in [-0.2, 0) is 4.79 Å². The van der Waals surface area contributed by atoms with Crippen molar-refractivity contribution in [2.24, 2.45) is 0 Å². The summed E-state index contributed by atoms with van der Waals surface area (Å²) >= 11 is 0. The maximum absolute atomic E-state index is 12.4. The van der Waals surface area contributed by atoms with Gasteiger partial charge < -0.3 is 14.6 Å². The largest absolute Gasteiger partial charge is 0.423 e. The molecule has 2 aromatic heterocycles. The number of hydrogen-bond donors (Lipinski definition) is 1. The number of fused-ring (bicyclic) bond motifs is 1. The number of nitrogens with one attached hydrogen (secondary N) is 1. The van der Waals surface area contributed by atoms with Crippen LogP contribution in [0.2, 0.25) is 0 Å². The number of anilines is 2. The lowest BCUT2D eigenvalue weighted by Crippen LogP contribution is -2.53. The fourth-order valence-electron chi connectivity index (χ4n) is 3.13. The second kappa shape index (κ2) is 7.13. The summed E-state index contributed by atoms with van der Waals surface area (Å²) in [6, 6.07) is 13.7. The van der Waals surface area contributed by atoms with Crippen LogP contribution in [0.4, 0.5) is 11.8 Å². The number of rotatable bonds is 4. The third-order valence-corrected chi connectivity index (χ3v) is 4.71. The van der Waals surface area contributed by atoms with Gasteiger partial charge in [0.05, 0.1) is 6.04 Å². The summed E-state index contributed by atoms with van der Waals surface area (Å²) in [5.74, 6) is 0.536. The number of hydrogen-bond acceptors (Lipinski definition) is 6. The lowest BCUT2D eigenvalue weighted by Gasteiger charge is -2.36. The molecule has 0 radical (unpaired) electrons. The number of aromatic nitrogens is 2. The zero-order chi connectivity index (χ0) is 17.9. The monoisotopic (exact) mass is 351 g/mol. The average Bonchev–Trinajstić information content (AvgIpc) is 3.12. The van der Waals surface area contributed by atoms with Crippen LogP contribution in [0.5, 0.6) is 0 Å². The van der Waals surface area contributed by atoms with Crippen molar-refractivity contribution in [2.75, 3.05) is 36.4 Å². The van der Waals surface area contributed by atoms with Crippen LogP contribution in [0.25, 0.3) is 11.1 Å². The molecule has 0 saturated carbocycles. The number of para-hydroxylation sites is 2. The molecule has 1 N–H and O–H groups in total. The van der Waals surface area contributed by atoms with Gasteiger partial charge in [0.25, 0.3) is 6.01 Å². The van der Waals surface area contributed by atoms with Crippen LogP contribution >= 0.6 is 0 Å². The van der Waals surface area contributed by atoms with Gasteiger partial charge in [0, 0.05) is 32.4 Å². The maximum atomic E-state index is 12.4. The Hall–Kier alpha value is -2.93. The van der Waals surface area contributed by atoms with Crippen molar-refractivity contribution in [3.63, 3.8) is 0 Å². The minimum Gasteiger partial charge on any atom is -0.423 e. The molecular weight excluding hydrogens is 330 g/mol. The third-order valence-electron chi connectivity index (χ3n) is 4.71. The molecule has 134 valence electrons. The van der Waals surface area contributed by atoms with Crippen LogP contribution in [0.3, 0.4) is 0 Å². The van der Waals surface area contributed by atoms with Gasteiger partial charge in [0.1, 0.15) is 11.3 Å². The molecular formula is C19H21N5O2. The van der Waals surface area contributed by atoms with Crippen LogP contribution in [0.15, 0.2) is 53.1 Å². The molecule has 0 unspecified atom stereocenters. The van der Waals surface area contributed by atoms with E-state index in [-0.39, 0.29) is 11.9 Å². The number of benzene rings is 1. The molecule has 7 nitrogen and oxygen atoms in total. The van der Waals surface area contributed by atoms with Crippen LogP contribution < -0.4 is 10.2 Å². The number of amides is 1. The van der Waals surface area contributed by atoms with E-state index in [1.54, 1.807) is 12.3 Å². The van der Waals surface area contributed by atoms with Gasteiger partial charge in [0.15, 0.2) is 5.58 Å². The quantitative estimate of drug-likeness (QED) is 0.778. The first-order chi connectivity index (χ1) is 12.7. The van der Waals surface area contributed by atoms with Gasteiger partial charge in [-0.3, -0.25) is 9.69 Å². The first kappa shape index (κ1) is 16.5.